The average Bonchev–Trinajstić information content (AvgIpc) is 3.14. The number of rotatable bonds is 4. The number of amides is 1. The number of nitrogens with zero attached hydrogens (tertiary/aromatic N) is 4. The van der Waals surface area contributed by atoms with Crippen LogP contribution in [-0.4, -0.2) is 50.9 Å². The van der Waals surface area contributed by atoms with E-state index in [1.807, 2.05) is 40.7 Å². The normalized spacial score (nSPS) is 14.0. The van der Waals surface area contributed by atoms with E-state index in [-0.39, 0.29) is 12.2 Å². The second-order valence-corrected chi connectivity index (χ2v) is 9.96. The number of carbonyl (C=O) groups is 1. The molecule has 0 unspecified atom stereocenters. The smallest absolute Gasteiger partial charge is 0.410 e. The molecule has 3 heterocycles. The molecule has 1 aromatic carbocycles. The predicted octanol–water partition coefficient (Wildman–Crippen LogP) is 5.57. The zero-order valence-electron chi connectivity index (χ0n) is 20.1. The monoisotopic (exact) mass is 484 g/mol. The summed E-state index contributed by atoms with van der Waals surface area (Å²) in [4.78, 5) is 23.1. The third-order valence-electron chi connectivity index (χ3n) is 5.25. The number of aromatic nitrogens is 3. The molecule has 4 rings (SSSR count). The fourth-order valence-electron chi connectivity index (χ4n) is 3.68. The number of halogens is 1. The summed E-state index contributed by atoms with van der Waals surface area (Å²) in [5, 5.41) is 4.53. The maximum atomic E-state index is 12.5. The standard InChI is InChI=1S/C25H29ClN4O4/c1-15(2)32-23-20(26)13-19(14-27-23)22-28-21(29-34-22)18-7-6-16-8-10-30(11-9-17(16)12-18)24(31)33-25(3,4)5/h6-7,12-15H,8-11H2,1-5H3. The topological polar surface area (TPSA) is 90.6 Å². The van der Waals surface area contributed by atoms with Gasteiger partial charge in [-0.3, -0.25) is 0 Å². The molecule has 34 heavy (non-hydrogen) atoms. The lowest BCUT2D eigenvalue weighted by atomic mass is 10.00. The van der Waals surface area contributed by atoms with Crippen molar-refractivity contribution in [2.24, 2.45) is 0 Å². The quantitative estimate of drug-likeness (QED) is 0.477. The number of pyridine rings is 1. The lowest BCUT2D eigenvalue weighted by Gasteiger charge is -2.26. The lowest BCUT2D eigenvalue weighted by Crippen LogP contribution is -2.38. The van der Waals surface area contributed by atoms with Gasteiger partial charge in [-0.2, -0.15) is 4.98 Å². The summed E-state index contributed by atoms with van der Waals surface area (Å²) in [6.45, 7) is 10.7. The molecule has 0 saturated carbocycles. The van der Waals surface area contributed by atoms with Crippen molar-refractivity contribution in [3.8, 4) is 28.7 Å². The Morgan fingerprint density at radius 3 is 2.53 bits per heavy atom. The third-order valence-corrected chi connectivity index (χ3v) is 5.52. The van der Waals surface area contributed by atoms with Crippen LogP contribution >= 0.6 is 11.6 Å². The Morgan fingerprint density at radius 2 is 1.85 bits per heavy atom. The van der Waals surface area contributed by atoms with Gasteiger partial charge in [0.25, 0.3) is 5.89 Å². The molecule has 9 heteroatoms. The van der Waals surface area contributed by atoms with E-state index >= 15 is 0 Å². The molecule has 1 aliphatic rings. The number of hydrogen-bond acceptors (Lipinski definition) is 7. The number of hydrogen-bond donors (Lipinski definition) is 0. The molecule has 1 amide bonds. The minimum Gasteiger partial charge on any atom is -0.474 e. The molecule has 0 fully saturated rings. The van der Waals surface area contributed by atoms with Crippen molar-refractivity contribution in [3.63, 3.8) is 0 Å². The molecule has 0 bridgehead atoms. The summed E-state index contributed by atoms with van der Waals surface area (Å²) in [5.74, 6) is 1.17. The van der Waals surface area contributed by atoms with Gasteiger partial charge in [0.05, 0.1) is 11.7 Å². The third kappa shape index (κ3) is 5.67. The summed E-state index contributed by atoms with van der Waals surface area (Å²) >= 11 is 6.30. The van der Waals surface area contributed by atoms with E-state index in [1.54, 1.807) is 17.2 Å². The maximum absolute atomic E-state index is 12.5. The number of fused-ring (bicyclic) bond motifs is 1. The van der Waals surface area contributed by atoms with Crippen molar-refractivity contribution < 1.29 is 18.8 Å². The van der Waals surface area contributed by atoms with Gasteiger partial charge in [0, 0.05) is 24.8 Å². The van der Waals surface area contributed by atoms with Crippen LogP contribution in [0, 0.1) is 0 Å². The van der Waals surface area contributed by atoms with Crippen LogP contribution in [0.3, 0.4) is 0 Å². The highest BCUT2D eigenvalue weighted by atomic mass is 35.5. The van der Waals surface area contributed by atoms with Crippen molar-refractivity contribution in [2.75, 3.05) is 13.1 Å². The van der Waals surface area contributed by atoms with E-state index in [1.165, 1.54) is 5.56 Å². The maximum Gasteiger partial charge on any atom is 0.410 e. The zero-order chi connectivity index (χ0) is 24.5. The van der Waals surface area contributed by atoms with Crippen molar-refractivity contribution in [1.82, 2.24) is 20.0 Å². The Labute approximate surface area is 204 Å². The van der Waals surface area contributed by atoms with Gasteiger partial charge in [-0.05, 0) is 70.7 Å². The van der Waals surface area contributed by atoms with Crippen LogP contribution < -0.4 is 4.74 Å². The van der Waals surface area contributed by atoms with Crippen LogP contribution in [-0.2, 0) is 17.6 Å². The summed E-state index contributed by atoms with van der Waals surface area (Å²) in [7, 11) is 0. The van der Waals surface area contributed by atoms with Crippen LogP contribution in [0.4, 0.5) is 4.79 Å². The number of carbonyl (C=O) groups excluding carboxylic acids is 1. The molecule has 0 atom stereocenters. The summed E-state index contributed by atoms with van der Waals surface area (Å²) < 4.78 is 16.6. The summed E-state index contributed by atoms with van der Waals surface area (Å²) in [6, 6.07) is 7.80. The Balaban J connectivity index is 1.50. The number of benzene rings is 1. The minimum absolute atomic E-state index is 0.0321. The molecule has 2 aromatic heterocycles. The fourth-order valence-corrected chi connectivity index (χ4v) is 3.89. The van der Waals surface area contributed by atoms with Crippen LogP contribution in [0.2, 0.25) is 5.02 Å². The zero-order valence-corrected chi connectivity index (χ0v) is 20.8. The first-order chi connectivity index (χ1) is 16.1. The second kappa shape index (κ2) is 9.62. The van der Waals surface area contributed by atoms with E-state index in [0.717, 1.165) is 24.0 Å². The molecule has 180 valence electrons. The van der Waals surface area contributed by atoms with Gasteiger partial charge >= 0.3 is 6.09 Å². The molecule has 1 aliphatic heterocycles. The van der Waals surface area contributed by atoms with E-state index < -0.39 is 5.60 Å². The van der Waals surface area contributed by atoms with Gasteiger partial charge in [-0.1, -0.05) is 28.9 Å². The van der Waals surface area contributed by atoms with Gasteiger partial charge < -0.3 is 18.9 Å². The van der Waals surface area contributed by atoms with Crippen LogP contribution in [0.25, 0.3) is 22.8 Å². The molecule has 3 aromatic rings. The minimum atomic E-state index is -0.513. The Hall–Kier alpha value is -3.13. The van der Waals surface area contributed by atoms with Crippen molar-refractivity contribution in [1.29, 1.82) is 0 Å². The first kappa shape index (κ1) is 24.0. The molecule has 0 radical (unpaired) electrons. The van der Waals surface area contributed by atoms with Gasteiger partial charge in [-0.15, -0.1) is 0 Å². The van der Waals surface area contributed by atoms with Crippen molar-refractivity contribution in [2.45, 2.75) is 59.2 Å². The molecular formula is C25H29ClN4O4. The van der Waals surface area contributed by atoms with E-state index in [2.05, 4.69) is 27.3 Å². The Bertz CT molecular complexity index is 1190. The van der Waals surface area contributed by atoms with Gasteiger partial charge in [0.1, 0.15) is 10.6 Å². The van der Waals surface area contributed by atoms with Gasteiger partial charge in [-0.25, -0.2) is 9.78 Å². The first-order valence-electron chi connectivity index (χ1n) is 11.4. The highest BCUT2D eigenvalue weighted by Gasteiger charge is 2.24. The molecule has 0 spiro atoms. The second-order valence-electron chi connectivity index (χ2n) is 9.55. The summed E-state index contributed by atoms with van der Waals surface area (Å²) in [6.07, 6.45) is 2.78. The van der Waals surface area contributed by atoms with Crippen LogP contribution in [0.1, 0.15) is 45.7 Å². The lowest BCUT2D eigenvalue weighted by molar-refractivity contribution is 0.0258. The van der Waals surface area contributed by atoms with Gasteiger partial charge in [0.15, 0.2) is 0 Å². The molecule has 0 N–H and O–H groups in total. The van der Waals surface area contributed by atoms with E-state index in [4.69, 9.17) is 25.6 Å². The van der Waals surface area contributed by atoms with Crippen LogP contribution in [0.5, 0.6) is 5.88 Å². The van der Waals surface area contributed by atoms with E-state index in [0.29, 0.717) is 41.3 Å². The van der Waals surface area contributed by atoms with E-state index in [9.17, 15) is 4.79 Å². The van der Waals surface area contributed by atoms with Crippen LogP contribution in [0.15, 0.2) is 35.0 Å². The average molecular weight is 485 g/mol. The molecule has 0 aliphatic carbocycles. The summed E-state index contributed by atoms with van der Waals surface area (Å²) in [5.41, 5.74) is 3.31. The largest absolute Gasteiger partial charge is 0.474 e. The predicted molar refractivity (Wildman–Crippen MR) is 129 cm³/mol. The van der Waals surface area contributed by atoms with Crippen molar-refractivity contribution in [3.05, 3.63) is 46.6 Å². The SMILES string of the molecule is CC(C)Oc1ncc(-c2nc(-c3ccc4c(c3)CCN(C(=O)OC(C)(C)C)CC4)no2)cc1Cl. The molecule has 8 nitrogen and oxygen atoms in total. The fraction of sp³-hybridized carbons (Fsp3) is 0.440. The highest BCUT2D eigenvalue weighted by molar-refractivity contribution is 6.32. The van der Waals surface area contributed by atoms with Gasteiger partial charge in [0.2, 0.25) is 11.7 Å². The highest BCUT2D eigenvalue weighted by Crippen LogP contribution is 2.30. The Kier molecular flexibility index (Phi) is 6.79. The van der Waals surface area contributed by atoms with Crippen molar-refractivity contribution >= 4 is 17.7 Å². The Morgan fingerprint density at radius 1 is 1.12 bits per heavy atom. The first-order valence-corrected chi connectivity index (χ1v) is 11.7. The molecule has 0 saturated heterocycles. The number of ether oxygens (including phenoxy) is 2. The molecular weight excluding hydrogens is 456 g/mol.